The van der Waals surface area contributed by atoms with Gasteiger partial charge in [0.15, 0.2) is 5.84 Å². The number of benzene rings is 1. The van der Waals surface area contributed by atoms with E-state index < -0.39 is 0 Å². The third-order valence-corrected chi connectivity index (χ3v) is 3.56. The maximum Gasteiger partial charge on any atom is 0.174 e. The highest BCUT2D eigenvalue weighted by molar-refractivity contribution is 9.10. The van der Waals surface area contributed by atoms with Gasteiger partial charge >= 0.3 is 0 Å². The van der Waals surface area contributed by atoms with Gasteiger partial charge in [-0.3, -0.25) is 0 Å². The molecule has 106 valence electrons. The number of hydrogen-bond acceptors (Lipinski definition) is 4. The molecule has 19 heavy (non-hydrogen) atoms. The monoisotopic (exact) mass is 329 g/mol. The molecule has 0 spiro atoms. The molecule has 0 atom stereocenters. The number of rotatable bonds is 7. The Balaban J connectivity index is 2.76. The summed E-state index contributed by atoms with van der Waals surface area (Å²) >= 11 is 3.37. The fourth-order valence-corrected chi connectivity index (χ4v) is 2.30. The van der Waals surface area contributed by atoms with Crippen LogP contribution in [0, 0.1) is 0 Å². The Morgan fingerprint density at radius 3 is 2.68 bits per heavy atom. The van der Waals surface area contributed by atoms with Gasteiger partial charge in [0, 0.05) is 11.0 Å². The van der Waals surface area contributed by atoms with Gasteiger partial charge in [-0.2, -0.15) is 0 Å². The fraction of sp³-hybridized carbons (Fsp3) is 0.462. The molecule has 5 nitrogen and oxygen atoms in total. The van der Waals surface area contributed by atoms with Crippen molar-refractivity contribution in [2.24, 2.45) is 10.9 Å². The topological polar surface area (TPSA) is 71.1 Å². The van der Waals surface area contributed by atoms with Crippen LogP contribution in [0.1, 0.15) is 19.4 Å². The van der Waals surface area contributed by atoms with Crippen molar-refractivity contribution in [3.63, 3.8) is 0 Å². The highest BCUT2D eigenvalue weighted by atomic mass is 79.9. The third-order valence-electron chi connectivity index (χ3n) is 2.90. The van der Waals surface area contributed by atoms with Gasteiger partial charge in [-0.25, -0.2) is 0 Å². The second-order valence-corrected chi connectivity index (χ2v) is 4.83. The van der Waals surface area contributed by atoms with E-state index in [1.807, 2.05) is 12.1 Å². The summed E-state index contributed by atoms with van der Waals surface area (Å²) in [7, 11) is 0. The number of hydrogen-bond donors (Lipinski definition) is 2. The van der Waals surface area contributed by atoms with Crippen LogP contribution in [0.3, 0.4) is 0 Å². The zero-order chi connectivity index (χ0) is 14.3. The van der Waals surface area contributed by atoms with Crippen LogP contribution in [0.2, 0.25) is 0 Å². The standard InChI is InChI=1S/C13H20BrN3O2/c1-3-17(4-2)8-9-19-11-7-5-6-10(14)12(11)13(15)16-18/h5-7,18H,3-4,8-9H2,1-2H3,(H2,15,16). The van der Waals surface area contributed by atoms with Crippen molar-refractivity contribution in [2.45, 2.75) is 13.8 Å². The van der Waals surface area contributed by atoms with Crippen LogP contribution >= 0.6 is 15.9 Å². The molecule has 0 saturated heterocycles. The van der Waals surface area contributed by atoms with Gasteiger partial charge < -0.3 is 20.6 Å². The van der Waals surface area contributed by atoms with Crippen molar-refractivity contribution >= 4 is 21.8 Å². The van der Waals surface area contributed by atoms with Crippen LogP contribution in [0.4, 0.5) is 0 Å². The first kappa shape index (κ1) is 15.8. The molecule has 0 aromatic heterocycles. The molecule has 0 heterocycles. The maximum atomic E-state index is 8.81. The largest absolute Gasteiger partial charge is 0.491 e. The first-order valence-corrected chi connectivity index (χ1v) is 7.04. The van der Waals surface area contributed by atoms with Crippen LogP contribution in [0.15, 0.2) is 27.8 Å². The van der Waals surface area contributed by atoms with Gasteiger partial charge in [0.2, 0.25) is 0 Å². The molecular weight excluding hydrogens is 310 g/mol. The number of halogens is 1. The molecule has 0 amide bonds. The molecule has 0 aliphatic heterocycles. The second kappa shape index (κ2) is 8.01. The molecule has 0 aliphatic rings. The smallest absolute Gasteiger partial charge is 0.174 e. The first-order chi connectivity index (χ1) is 9.13. The Kier molecular flexibility index (Phi) is 6.66. The number of nitrogens with two attached hydrogens (primary N) is 1. The van der Waals surface area contributed by atoms with Crippen molar-refractivity contribution in [2.75, 3.05) is 26.2 Å². The average molecular weight is 330 g/mol. The van der Waals surface area contributed by atoms with Gasteiger partial charge in [-0.1, -0.05) is 25.1 Å². The van der Waals surface area contributed by atoms with E-state index in [9.17, 15) is 0 Å². The van der Waals surface area contributed by atoms with Crippen molar-refractivity contribution in [1.29, 1.82) is 0 Å². The Morgan fingerprint density at radius 2 is 2.11 bits per heavy atom. The van der Waals surface area contributed by atoms with E-state index in [1.165, 1.54) is 0 Å². The van der Waals surface area contributed by atoms with Gasteiger partial charge in [0.05, 0.1) is 5.56 Å². The molecule has 0 aliphatic carbocycles. The minimum absolute atomic E-state index is 0.0327. The zero-order valence-corrected chi connectivity index (χ0v) is 12.9. The molecule has 6 heteroatoms. The summed E-state index contributed by atoms with van der Waals surface area (Å²) in [5.41, 5.74) is 6.23. The Hall–Kier alpha value is -1.27. The SMILES string of the molecule is CCN(CC)CCOc1cccc(Br)c1/C(N)=N/O. The minimum atomic E-state index is 0.0327. The molecular formula is C13H20BrN3O2. The quantitative estimate of drug-likeness (QED) is 0.348. The fourth-order valence-electron chi connectivity index (χ4n) is 1.75. The second-order valence-electron chi connectivity index (χ2n) is 3.97. The zero-order valence-electron chi connectivity index (χ0n) is 11.3. The molecule has 1 rings (SSSR count). The average Bonchev–Trinajstić information content (AvgIpc) is 2.43. The number of amidine groups is 1. The lowest BCUT2D eigenvalue weighted by Crippen LogP contribution is -2.28. The Labute approximate surface area is 122 Å². The van der Waals surface area contributed by atoms with E-state index in [1.54, 1.807) is 6.07 Å². The summed E-state index contributed by atoms with van der Waals surface area (Å²) in [5, 5.41) is 11.8. The van der Waals surface area contributed by atoms with Crippen molar-refractivity contribution in [1.82, 2.24) is 4.90 Å². The maximum absolute atomic E-state index is 8.81. The predicted molar refractivity (Wildman–Crippen MR) is 79.9 cm³/mol. The van der Waals surface area contributed by atoms with Crippen molar-refractivity contribution in [3.05, 3.63) is 28.2 Å². The summed E-state index contributed by atoms with van der Waals surface area (Å²) in [6, 6.07) is 5.48. The molecule has 0 bridgehead atoms. The normalized spacial score (nSPS) is 11.9. The molecule has 0 fully saturated rings. The summed E-state index contributed by atoms with van der Waals surface area (Å²) in [5.74, 6) is 0.641. The molecule has 1 aromatic rings. The van der Waals surface area contributed by atoms with Crippen molar-refractivity contribution in [3.8, 4) is 5.75 Å². The molecule has 3 N–H and O–H groups in total. The summed E-state index contributed by atoms with van der Waals surface area (Å²) in [6.07, 6.45) is 0. The Morgan fingerprint density at radius 1 is 1.42 bits per heavy atom. The lowest BCUT2D eigenvalue weighted by atomic mass is 10.2. The first-order valence-electron chi connectivity index (χ1n) is 6.25. The van der Waals surface area contributed by atoms with Crippen LogP contribution in [0.5, 0.6) is 5.75 Å². The van der Waals surface area contributed by atoms with E-state index in [0.717, 1.165) is 24.1 Å². The van der Waals surface area contributed by atoms with Crippen LogP contribution in [-0.2, 0) is 0 Å². The third kappa shape index (κ3) is 4.40. The van der Waals surface area contributed by atoms with E-state index in [4.69, 9.17) is 15.7 Å². The van der Waals surface area contributed by atoms with Gasteiger partial charge in [0.25, 0.3) is 0 Å². The molecule has 0 saturated carbocycles. The highest BCUT2D eigenvalue weighted by Gasteiger charge is 2.12. The van der Waals surface area contributed by atoms with Gasteiger partial charge in [-0.05, 0) is 41.2 Å². The summed E-state index contributed by atoms with van der Waals surface area (Å²) < 4.78 is 6.47. The van der Waals surface area contributed by atoms with Crippen LogP contribution in [-0.4, -0.2) is 42.2 Å². The van der Waals surface area contributed by atoms with E-state index in [2.05, 4.69) is 39.8 Å². The summed E-state index contributed by atoms with van der Waals surface area (Å²) in [4.78, 5) is 2.27. The van der Waals surface area contributed by atoms with Crippen LogP contribution < -0.4 is 10.5 Å². The lowest BCUT2D eigenvalue weighted by molar-refractivity contribution is 0.222. The van der Waals surface area contributed by atoms with E-state index >= 15 is 0 Å². The number of likely N-dealkylation sites (N-methyl/N-ethyl adjacent to an activating group) is 1. The van der Waals surface area contributed by atoms with Gasteiger partial charge in [-0.15, -0.1) is 0 Å². The molecule has 1 aromatic carbocycles. The van der Waals surface area contributed by atoms with Crippen molar-refractivity contribution < 1.29 is 9.94 Å². The lowest BCUT2D eigenvalue weighted by Gasteiger charge is -2.19. The number of nitrogens with zero attached hydrogens (tertiary/aromatic N) is 2. The predicted octanol–water partition coefficient (Wildman–Crippen LogP) is 2.26. The van der Waals surface area contributed by atoms with Gasteiger partial charge in [0.1, 0.15) is 12.4 Å². The summed E-state index contributed by atoms with van der Waals surface area (Å²) in [6.45, 7) is 7.62. The van der Waals surface area contributed by atoms with Crippen LogP contribution in [0.25, 0.3) is 0 Å². The Bertz CT molecular complexity index is 434. The molecule has 0 unspecified atom stereocenters. The van der Waals surface area contributed by atoms with E-state index in [-0.39, 0.29) is 5.84 Å². The minimum Gasteiger partial charge on any atom is -0.491 e. The highest BCUT2D eigenvalue weighted by Crippen LogP contribution is 2.26. The van der Waals surface area contributed by atoms with E-state index in [0.29, 0.717) is 17.9 Å². The number of oxime groups is 1. The number of ether oxygens (including phenoxy) is 1. The molecule has 0 radical (unpaired) electrons.